The molecule has 44 heavy (non-hydrogen) atoms. The molecule has 1 aliphatic rings. The van der Waals surface area contributed by atoms with Crippen molar-refractivity contribution in [1.82, 2.24) is 10.2 Å². The predicted molar refractivity (Wildman–Crippen MR) is 185 cm³/mol. The molecule has 2 aromatic carbocycles. The number of nitrogens with zero attached hydrogens (tertiary/aromatic N) is 3. The Balaban J connectivity index is 1.67. The number of carbonyl (C=O) groups excluding carboxylic acids is 1. The number of rotatable bonds is 18. The van der Waals surface area contributed by atoms with Gasteiger partial charge in [0.05, 0.1) is 19.4 Å². The maximum absolute atomic E-state index is 12.7. The second kappa shape index (κ2) is 18.7. The Hall–Kier alpha value is -3.03. The molecular weight excluding hydrogens is 571 g/mol. The third-order valence-electron chi connectivity index (χ3n) is 7.45. The Morgan fingerprint density at radius 3 is 2.64 bits per heavy atom. The van der Waals surface area contributed by atoms with Crippen molar-refractivity contribution in [3.63, 3.8) is 0 Å². The number of fused-ring (bicyclic) bond motifs is 1. The number of likely N-dealkylation sites (N-methyl/N-ethyl adjacent to an activating group) is 1. The first kappa shape index (κ1) is 35.4. The highest BCUT2D eigenvalue weighted by Gasteiger charge is 2.22. The molecule has 0 radical (unpaired) electrons. The van der Waals surface area contributed by atoms with E-state index in [1.807, 2.05) is 46.3 Å². The van der Waals surface area contributed by atoms with E-state index in [0.29, 0.717) is 45.3 Å². The van der Waals surface area contributed by atoms with E-state index in [9.17, 15) is 9.36 Å². The molecular formula is C35H51N4O4P. The summed E-state index contributed by atoms with van der Waals surface area (Å²) in [6, 6.07) is 15.0. The van der Waals surface area contributed by atoms with Gasteiger partial charge in [0.15, 0.2) is 0 Å². The minimum atomic E-state index is -3.04. The monoisotopic (exact) mass is 622 g/mol. The number of anilines is 1. The number of hydrogen-bond donors (Lipinski definition) is 1. The third kappa shape index (κ3) is 11.8. The molecule has 2 aromatic rings. The molecule has 0 spiro atoms. The largest absolute Gasteiger partial charge is 0.371 e. The van der Waals surface area contributed by atoms with Crippen LogP contribution in [-0.2, 0) is 24.8 Å². The lowest BCUT2D eigenvalue weighted by Crippen LogP contribution is -2.36. The summed E-state index contributed by atoms with van der Waals surface area (Å²) in [5.41, 5.74) is 7.12. The Labute approximate surface area is 264 Å². The molecule has 1 N–H and O–H groups in total. The number of nitrogens with one attached hydrogen (secondary N) is 1. The lowest BCUT2D eigenvalue weighted by molar-refractivity contribution is -0.120. The number of aryl methyl sites for hydroxylation is 2. The van der Waals surface area contributed by atoms with Crippen LogP contribution < -0.4 is 10.2 Å². The van der Waals surface area contributed by atoms with E-state index in [0.717, 1.165) is 49.2 Å². The van der Waals surface area contributed by atoms with Gasteiger partial charge in [-0.3, -0.25) is 14.4 Å². The Morgan fingerprint density at radius 1 is 1.14 bits per heavy atom. The molecule has 240 valence electrons. The highest BCUT2D eigenvalue weighted by atomic mass is 31.2. The first-order chi connectivity index (χ1) is 21.2. The van der Waals surface area contributed by atoms with E-state index in [1.54, 1.807) is 0 Å². The first-order valence-corrected chi connectivity index (χ1v) is 17.6. The fourth-order valence-electron chi connectivity index (χ4n) is 5.22. The van der Waals surface area contributed by atoms with Crippen molar-refractivity contribution in [2.45, 2.75) is 46.5 Å². The number of aliphatic imine (C=N–C) groups is 1. The summed E-state index contributed by atoms with van der Waals surface area (Å²) in [6.45, 7) is 10.3. The molecule has 0 fully saturated rings. The molecule has 0 aliphatic carbocycles. The third-order valence-corrected chi connectivity index (χ3v) is 9.62. The lowest BCUT2D eigenvalue weighted by Gasteiger charge is -2.31. The fraction of sp³-hybridized carbons (Fsp3) is 0.486. The number of hydrogen-bond acceptors (Lipinski definition) is 7. The molecule has 1 amide bonds. The van der Waals surface area contributed by atoms with Gasteiger partial charge in [-0.15, -0.1) is 0 Å². The van der Waals surface area contributed by atoms with Crippen molar-refractivity contribution in [1.29, 1.82) is 0 Å². The Morgan fingerprint density at radius 2 is 1.91 bits per heavy atom. The molecule has 1 heterocycles. The highest BCUT2D eigenvalue weighted by molar-refractivity contribution is 7.53. The maximum Gasteiger partial charge on any atom is 0.330 e. The van der Waals surface area contributed by atoms with Crippen LogP contribution in [-0.4, -0.2) is 83.2 Å². The van der Waals surface area contributed by atoms with Crippen LogP contribution >= 0.6 is 7.60 Å². The van der Waals surface area contributed by atoms with Crippen LogP contribution in [0.15, 0.2) is 59.6 Å². The van der Waals surface area contributed by atoms with E-state index in [1.165, 1.54) is 16.8 Å². The van der Waals surface area contributed by atoms with Crippen LogP contribution in [0.5, 0.6) is 0 Å². The second-order valence-electron chi connectivity index (χ2n) is 11.2. The van der Waals surface area contributed by atoms with E-state index in [2.05, 4.69) is 75.6 Å². The standard InChI is InChI=1S/C35H51N4O4P/c1-6-42-44(41,43-7-2)27-11-21-36-22-19-31(33-14-9-8-12-29(33)3)17-15-30-16-18-34-32(28-30)13-10-24-39(34)25-20-35(40)37-23-26-38(4)5/h8-9,12,14-19,22,28H,6-7,10-11,13,20-21,23-27H2,1-5H3,(H,37,40)/b17-15?,31-19-,36-22+. The van der Waals surface area contributed by atoms with Gasteiger partial charge >= 0.3 is 7.60 Å². The molecule has 8 nitrogen and oxygen atoms in total. The fourth-order valence-corrected chi connectivity index (χ4v) is 6.86. The minimum Gasteiger partial charge on any atom is -0.371 e. The summed E-state index contributed by atoms with van der Waals surface area (Å²) >= 11 is 0. The normalized spacial score (nSPS) is 14.1. The van der Waals surface area contributed by atoms with Crippen LogP contribution in [0.3, 0.4) is 0 Å². The molecule has 0 bridgehead atoms. The average molecular weight is 623 g/mol. The van der Waals surface area contributed by atoms with Crippen molar-refractivity contribution >= 4 is 37.1 Å². The minimum absolute atomic E-state index is 0.105. The highest BCUT2D eigenvalue weighted by Crippen LogP contribution is 2.48. The van der Waals surface area contributed by atoms with Gasteiger partial charge in [-0.25, -0.2) is 0 Å². The molecule has 0 unspecified atom stereocenters. The Bertz CT molecular complexity index is 1330. The van der Waals surface area contributed by atoms with Gasteiger partial charge in [-0.05, 0) is 100 Å². The molecule has 0 saturated carbocycles. The van der Waals surface area contributed by atoms with Crippen molar-refractivity contribution in [2.75, 3.05) is 71.1 Å². The van der Waals surface area contributed by atoms with Crippen LogP contribution in [0, 0.1) is 6.92 Å². The SMILES string of the molecule is CCOP(=O)(CCC/N=C/C=C(/C=Cc1ccc2c(c1)CCCN2CCC(=O)NCCN(C)C)c1ccccc1C)OCC. The number of allylic oxidation sites excluding steroid dienone is 3. The van der Waals surface area contributed by atoms with Gasteiger partial charge in [0.2, 0.25) is 5.91 Å². The van der Waals surface area contributed by atoms with Gasteiger partial charge in [0, 0.05) is 51.0 Å². The molecule has 3 rings (SSSR count). The lowest BCUT2D eigenvalue weighted by atomic mass is 9.97. The quantitative estimate of drug-likeness (QED) is 0.0869. The van der Waals surface area contributed by atoms with Crippen LogP contribution in [0.2, 0.25) is 0 Å². The van der Waals surface area contributed by atoms with E-state index < -0.39 is 7.60 Å². The van der Waals surface area contributed by atoms with Crippen LogP contribution in [0.25, 0.3) is 11.6 Å². The zero-order valence-corrected chi connectivity index (χ0v) is 28.2. The molecule has 0 aromatic heterocycles. The van der Waals surface area contributed by atoms with Crippen molar-refractivity contribution < 1.29 is 18.4 Å². The molecule has 9 heteroatoms. The number of amides is 1. The van der Waals surface area contributed by atoms with Crippen molar-refractivity contribution in [3.05, 3.63) is 76.9 Å². The zero-order chi connectivity index (χ0) is 31.8. The summed E-state index contributed by atoms with van der Waals surface area (Å²) in [5.74, 6) is 0.105. The first-order valence-electron chi connectivity index (χ1n) is 15.9. The molecule has 0 atom stereocenters. The number of benzene rings is 2. The van der Waals surface area contributed by atoms with Crippen molar-refractivity contribution in [2.24, 2.45) is 4.99 Å². The topological polar surface area (TPSA) is 83.5 Å². The van der Waals surface area contributed by atoms with Gasteiger partial charge in [-0.1, -0.05) is 42.5 Å². The van der Waals surface area contributed by atoms with Crippen LogP contribution in [0.4, 0.5) is 5.69 Å². The van der Waals surface area contributed by atoms with Crippen molar-refractivity contribution in [3.8, 4) is 0 Å². The van der Waals surface area contributed by atoms with Crippen LogP contribution in [0.1, 0.15) is 55.4 Å². The van der Waals surface area contributed by atoms with E-state index in [4.69, 9.17) is 9.05 Å². The van der Waals surface area contributed by atoms with E-state index in [-0.39, 0.29) is 5.91 Å². The summed E-state index contributed by atoms with van der Waals surface area (Å²) < 4.78 is 23.4. The molecule has 0 saturated heterocycles. The maximum atomic E-state index is 12.7. The number of carbonyl (C=O) groups is 1. The summed E-state index contributed by atoms with van der Waals surface area (Å²) in [7, 11) is 0.976. The smallest absolute Gasteiger partial charge is 0.330 e. The predicted octanol–water partition coefficient (Wildman–Crippen LogP) is 6.64. The second-order valence-corrected chi connectivity index (χ2v) is 13.4. The summed E-state index contributed by atoms with van der Waals surface area (Å²) in [5, 5.41) is 3.02. The summed E-state index contributed by atoms with van der Waals surface area (Å²) in [4.78, 5) is 21.3. The Kier molecular flexibility index (Phi) is 15.1. The summed E-state index contributed by atoms with van der Waals surface area (Å²) in [6.07, 6.45) is 11.8. The van der Waals surface area contributed by atoms with Gasteiger partial charge in [0.1, 0.15) is 0 Å². The molecule has 1 aliphatic heterocycles. The van der Waals surface area contributed by atoms with E-state index >= 15 is 0 Å². The average Bonchev–Trinajstić information content (AvgIpc) is 2.99. The van der Waals surface area contributed by atoms with Gasteiger partial charge in [0.25, 0.3) is 0 Å². The zero-order valence-electron chi connectivity index (χ0n) is 27.3. The van der Waals surface area contributed by atoms with Gasteiger partial charge in [-0.2, -0.15) is 0 Å². The van der Waals surface area contributed by atoms with Gasteiger partial charge < -0.3 is 24.2 Å².